The Kier molecular flexibility index (Phi) is 11.1. The molecule has 0 bridgehead atoms. The normalized spacial score (nSPS) is 12.8. The maximum absolute atomic E-state index is 3.72. The second kappa shape index (κ2) is 10.0. The molecule has 0 aromatic carbocycles. The van der Waals surface area contributed by atoms with E-state index in [1.807, 2.05) is 13.0 Å². The molecule has 14 heavy (non-hydrogen) atoms. The second-order valence-electron chi connectivity index (χ2n) is 2.85. The van der Waals surface area contributed by atoms with Crippen molar-refractivity contribution in [1.82, 2.24) is 0 Å². The lowest BCUT2D eigenvalue weighted by Crippen LogP contribution is -1.86. The lowest BCUT2D eigenvalue weighted by atomic mass is 10.0. The van der Waals surface area contributed by atoms with Gasteiger partial charge in [0.05, 0.1) is 0 Å². The zero-order valence-electron chi connectivity index (χ0n) is 9.01. The average Bonchev–Trinajstić information content (AvgIpc) is 2.17. The topological polar surface area (TPSA) is 0 Å². The quantitative estimate of drug-likeness (QED) is 0.534. The maximum Gasteiger partial charge on any atom is -0.0305 e. The van der Waals surface area contributed by atoms with Crippen LogP contribution in [0, 0.1) is 0 Å². The van der Waals surface area contributed by atoms with Gasteiger partial charge < -0.3 is 0 Å². The fourth-order valence-corrected chi connectivity index (χ4v) is 1.26. The Hall–Kier alpha value is -1.04. The number of hydrogen-bond donors (Lipinski definition) is 0. The van der Waals surface area contributed by atoms with Crippen LogP contribution in [0.15, 0.2) is 48.1 Å². The molecule has 0 rings (SSSR count). The first-order valence-corrected chi connectivity index (χ1v) is 4.93. The molecule has 0 atom stereocenters. The summed E-state index contributed by atoms with van der Waals surface area (Å²) in [5.74, 6) is 0. The molecule has 80 valence electrons. The fraction of sp³-hybridized carbons (Fsp3) is 0.429. The van der Waals surface area contributed by atoms with E-state index < -0.39 is 0 Å². The van der Waals surface area contributed by atoms with Crippen LogP contribution >= 0.6 is 0 Å². The van der Waals surface area contributed by atoms with Crippen LogP contribution in [0.5, 0.6) is 0 Å². The Labute approximate surface area is 89.7 Å². The Morgan fingerprint density at radius 3 is 1.93 bits per heavy atom. The highest BCUT2D eigenvalue weighted by Gasteiger charge is 1.97. The van der Waals surface area contributed by atoms with Gasteiger partial charge in [-0.15, -0.1) is 0 Å². The van der Waals surface area contributed by atoms with Gasteiger partial charge in [-0.2, -0.15) is 0 Å². The summed E-state index contributed by atoms with van der Waals surface area (Å²) in [5, 5.41) is 0. The number of allylic oxidation sites excluding steroid dienone is 7. The summed E-state index contributed by atoms with van der Waals surface area (Å²) < 4.78 is 0. The van der Waals surface area contributed by atoms with Crippen molar-refractivity contribution in [2.24, 2.45) is 0 Å². The van der Waals surface area contributed by atoms with Crippen LogP contribution < -0.4 is 0 Å². The average molecular weight is 192 g/mol. The molecule has 0 aliphatic rings. The zero-order valence-corrected chi connectivity index (χ0v) is 9.01. The van der Waals surface area contributed by atoms with Crippen molar-refractivity contribution in [3.05, 3.63) is 48.1 Å². The third kappa shape index (κ3) is 5.58. The highest BCUT2D eigenvalue weighted by molar-refractivity contribution is 5.35. The standard InChI is InChI=1S/C13H20.CH4/c1-5-9-11-13(8-4)12(7-3)10-6-2;/h5-6,9-11H,2,7-8H2,1,3-4H3;1H4/b9-5-,12-10-,13-11-;. The minimum absolute atomic E-state index is 0. The molecule has 0 unspecified atom stereocenters. The minimum Gasteiger partial charge on any atom is -0.0991 e. The monoisotopic (exact) mass is 192 g/mol. The van der Waals surface area contributed by atoms with E-state index in [0.29, 0.717) is 0 Å². The number of hydrogen-bond acceptors (Lipinski definition) is 0. The summed E-state index contributed by atoms with van der Waals surface area (Å²) in [6.07, 6.45) is 12.4. The van der Waals surface area contributed by atoms with Crippen molar-refractivity contribution in [3.63, 3.8) is 0 Å². The molecule has 0 spiro atoms. The van der Waals surface area contributed by atoms with Crippen molar-refractivity contribution >= 4 is 0 Å². The van der Waals surface area contributed by atoms with Gasteiger partial charge in [0.25, 0.3) is 0 Å². The van der Waals surface area contributed by atoms with E-state index in [-0.39, 0.29) is 7.43 Å². The van der Waals surface area contributed by atoms with E-state index in [1.165, 1.54) is 11.1 Å². The first-order chi connectivity index (χ1) is 6.29. The van der Waals surface area contributed by atoms with E-state index in [4.69, 9.17) is 0 Å². The van der Waals surface area contributed by atoms with Crippen molar-refractivity contribution < 1.29 is 0 Å². The van der Waals surface area contributed by atoms with Gasteiger partial charge in [-0.3, -0.25) is 0 Å². The van der Waals surface area contributed by atoms with E-state index in [1.54, 1.807) is 0 Å². The van der Waals surface area contributed by atoms with Gasteiger partial charge in [0.1, 0.15) is 0 Å². The van der Waals surface area contributed by atoms with Crippen molar-refractivity contribution in [1.29, 1.82) is 0 Å². The molecule has 0 fully saturated rings. The van der Waals surface area contributed by atoms with Crippen LogP contribution in [-0.4, -0.2) is 0 Å². The Morgan fingerprint density at radius 1 is 1.07 bits per heavy atom. The van der Waals surface area contributed by atoms with Crippen LogP contribution in [0.4, 0.5) is 0 Å². The van der Waals surface area contributed by atoms with E-state index in [2.05, 4.69) is 44.7 Å². The van der Waals surface area contributed by atoms with Gasteiger partial charge in [-0.05, 0) is 30.9 Å². The summed E-state index contributed by atoms with van der Waals surface area (Å²) in [7, 11) is 0. The van der Waals surface area contributed by atoms with Gasteiger partial charge in [-0.25, -0.2) is 0 Å². The van der Waals surface area contributed by atoms with Crippen LogP contribution in [0.2, 0.25) is 0 Å². The molecular formula is C14H24. The highest BCUT2D eigenvalue weighted by Crippen LogP contribution is 2.17. The molecule has 0 N–H and O–H groups in total. The Morgan fingerprint density at radius 2 is 1.57 bits per heavy atom. The van der Waals surface area contributed by atoms with Crippen LogP contribution in [0.25, 0.3) is 0 Å². The Bertz CT molecular complexity index is 226. The highest BCUT2D eigenvalue weighted by atomic mass is 14.0. The lowest BCUT2D eigenvalue weighted by Gasteiger charge is -2.06. The molecular weight excluding hydrogens is 168 g/mol. The number of rotatable bonds is 5. The molecule has 0 amide bonds. The van der Waals surface area contributed by atoms with Gasteiger partial charge >= 0.3 is 0 Å². The first-order valence-electron chi connectivity index (χ1n) is 4.93. The molecule has 0 aliphatic heterocycles. The van der Waals surface area contributed by atoms with Gasteiger partial charge in [0, 0.05) is 0 Å². The maximum atomic E-state index is 3.72. The Balaban J connectivity index is 0. The zero-order chi connectivity index (χ0) is 10.1. The molecule has 0 aromatic rings. The molecule has 0 saturated carbocycles. The van der Waals surface area contributed by atoms with Gasteiger partial charge in [0.15, 0.2) is 0 Å². The van der Waals surface area contributed by atoms with Crippen molar-refractivity contribution in [3.8, 4) is 0 Å². The fourth-order valence-electron chi connectivity index (χ4n) is 1.26. The summed E-state index contributed by atoms with van der Waals surface area (Å²) >= 11 is 0. The molecule has 0 aromatic heterocycles. The summed E-state index contributed by atoms with van der Waals surface area (Å²) in [4.78, 5) is 0. The van der Waals surface area contributed by atoms with Crippen molar-refractivity contribution in [2.45, 2.75) is 41.0 Å². The predicted octanol–water partition coefficient (Wildman–Crippen LogP) is 5.06. The van der Waals surface area contributed by atoms with E-state index in [0.717, 1.165) is 12.8 Å². The van der Waals surface area contributed by atoms with Crippen molar-refractivity contribution in [2.75, 3.05) is 0 Å². The van der Waals surface area contributed by atoms with Crippen LogP contribution in [0.1, 0.15) is 41.0 Å². The minimum atomic E-state index is 0. The third-order valence-corrected chi connectivity index (χ3v) is 1.98. The summed E-state index contributed by atoms with van der Waals surface area (Å²) in [6, 6.07) is 0. The second-order valence-corrected chi connectivity index (χ2v) is 2.85. The van der Waals surface area contributed by atoms with Gasteiger partial charge in [-0.1, -0.05) is 58.2 Å². The first kappa shape index (κ1) is 15.4. The smallest absolute Gasteiger partial charge is 0.0305 e. The van der Waals surface area contributed by atoms with Crippen LogP contribution in [0.3, 0.4) is 0 Å². The lowest BCUT2D eigenvalue weighted by molar-refractivity contribution is 1.02. The molecule has 0 heteroatoms. The van der Waals surface area contributed by atoms with E-state index in [9.17, 15) is 0 Å². The molecule has 0 heterocycles. The predicted molar refractivity (Wildman–Crippen MR) is 68.5 cm³/mol. The molecule has 0 aliphatic carbocycles. The summed E-state index contributed by atoms with van der Waals surface area (Å²) in [5.41, 5.74) is 2.79. The van der Waals surface area contributed by atoms with Gasteiger partial charge in [0.2, 0.25) is 0 Å². The van der Waals surface area contributed by atoms with Crippen LogP contribution in [-0.2, 0) is 0 Å². The SMILES string of the molecule is C.C=C\C=C(CC)/C(=C\C=C/C)CC. The summed E-state index contributed by atoms with van der Waals surface area (Å²) in [6.45, 7) is 10.1. The molecule has 0 saturated heterocycles. The molecule has 0 nitrogen and oxygen atoms in total. The third-order valence-electron chi connectivity index (χ3n) is 1.98. The van der Waals surface area contributed by atoms with E-state index >= 15 is 0 Å². The molecule has 0 radical (unpaired) electrons. The largest absolute Gasteiger partial charge is 0.0991 e.